The van der Waals surface area contributed by atoms with E-state index in [4.69, 9.17) is 10.2 Å². The molecule has 0 aromatic carbocycles. The molecule has 0 saturated carbocycles. The maximum Gasteiger partial charge on any atom is 0.191 e. The van der Waals surface area contributed by atoms with Crippen LogP contribution in [0.3, 0.4) is 0 Å². The van der Waals surface area contributed by atoms with Crippen LogP contribution >= 0.6 is 47.5 Å². The van der Waals surface area contributed by atoms with E-state index in [1.165, 1.54) is 35.1 Å². The molecule has 0 bridgehead atoms. The van der Waals surface area contributed by atoms with Gasteiger partial charge in [0.1, 0.15) is 0 Å². The summed E-state index contributed by atoms with van der Waals surface area (Å²) in [4.78, 5) is 7.18. The van der Waals surface area contributed by atoms with Gasteiger partial charge in [0.2, 0.25) is 0 Å². The molecule has 2 heterocycles. The molecule has 8 heteroatoms. The van der Waals surface area contributed by atoms with Gasteiger partial charge in [-0.2, -0.15) is 0 Å². The molecule has 14 heavy (non-hydrogen) atoms. The number of thiazole rings is 2. The van der Waals surface area contributed by atoms with E-state index in [9.17, 15) is 0 Å². The molecular formula is C6H8Cl2N2O2S2. The fourth-order valence-corrected chi connectivity index (χ4v) is 1.12. The summed E-state index contributed by atoms with van der Waals surface area (Å²) in [5.74, 6) is 0. The van der Waals surface area contributed by atoms with Crippen LogP contribution in [0.5, 0.6) is 10.1 Å². The van der Waals surface area contributed by atoms with Gasteiger partial charge in [-0.1, -0.05) is 22.7 Å². The molecule has 4 nitrogen and oxygen atoms in total. The minimum absolute atomic E-state index is 0. The molecular weight excluding hydrogens is 267 g/mol. The van der Waals surface area contributed by atoms with Crippen molar-refractivity contribution >= 4 is 47.5 Å². The van der Waals surface area contributed by atoms with Gasteiger partial charge in [0, 0.05) is 0 Å². The number of hydrogen-bond acceptors (Lipinski definition) is 6. The number of aromatic hydroxyl groups is 2. The molecule has 80 valence electrons. The lowest BCUT2D eigenvalue weighted by Gasteiger charge is -1.65. The molecule has 2 rings (SSSR count). The molecule has 0 saturated heterocycles. The Hall–Kier alpha value is -0.560. The van der Waals surface area contributed by atoms with Gasteiger partial charge in [0.15, 0.2) is 10.1 Å². The monoisotopic (exact) mass is 274 g/mol. The van der Waals surface area contributed by atoms with Gasteiger partial charge in [0.25, 0.3) is 0 Å². The second-order valence-corrected chi connectivity index (χ2v) is 3.41. The first kappa shape index (κ1) is 15.9. The largest absolute Gasteiger partial charge is 0.498 e. The van der Waals surface area contributed by atoms with E-state index in [1.807, 2.05) is 0 Å². The molecule has 2 aromatic rings. The molecule has 0 aliphatic heterocycles. The quantitative estimate of drug-likeness (QED) is 0.775. The zero-order chi connectivity index (χ0) is 8.81. The first-order valence-corrected chi connectivity index (χ1v) is 4.70. The Labute approximate surface area is 101 Å². The van der Waals surface area contributed by atoms with Crippen molar-refractivity contribution in [3.63, 3.8) is 0 Å². The van der Waals surface area contributed by atoms with E-state index in [1.54, 1.807) is 11.0 Å². The van der Waals surface area contributed by atoms with Crippen LogP contribution in [0.15, 0.2) is 23.4 Å². The third-order valence-corrected chi connectivity index (χ3v) is 1.99. The molecule has 2 N–H and O–H groups in total. The highest BCUT2D eigenvalue weighted by molar-refractivity contribution is 7.11. The zero-order valence-corrected chi connectivity index (χ0v) is 10.00. The Morgan fingerprint density at radius 3 is 1.29 bits per heavy atom. The summed E-state index contributed by atoms with van der Waals surface area (Å²) in [6.07, 6.45) is 2.81. The van der Waals surface area contributed by atoms with Crippen molar-refractivity contribution in [1.82, 2.24) is 9.97 Å². The SMILES string of the molecule is Cl.Cl.Oc1cncs1.Oc1cncs1. The summed E-state index contributed by atoms with van der Waals surface area (Å²) < 4.78 is 0. The number of nitrogens with zero attached hydrogens (tertiary/aromatic N) is 2. The van der Waals surface area contributed by atoms with Gasteiger partial charge in [0.05, 0.1) is 23.4 Å². The van der Waals surface area contributed by atoms with Crippen LogP contribution in [0, 0.1) is 0 Å². The minimum atomic E-state index is 0. The molecule has 0 radical (unpaired) electrons. The maximum atomic E-state index is 8.43. The van der Waals surface area contributed by atoms with Gasteiger partial charge >= 0.3 is 0 Å². The van der Waals surface area contributed by atoms with E-state index in [2.05, 4.69) is 9.97 Å². The maximum absolute atomic E-state index is 8.43. The summed E-state index contributed by atoms with van der Waals surface area (Å²) in [5, 5.41) is 17.4. The summed E-state index contributed by atoms with van der Waals surface area (Å²) in [5.41, 5.74) is 3.16. The third-order valence-electron chi connectivity index (χ3n) is 0.839. The van der Waals surface area contributed by atoms with Crippen molar-refractivity contribution in [1.29, 1.82) is 0 Å². The topological polar surface area (TPSA) is 66.2 Å². The highest BCUT2D eigenvalue weighted by atomic mass is 35.5. The molecule has 0 aliphatic carbocycles. The van der Waals surface area contributed by atoms with Crippen molar-refractivity contribution < 1.29 is 10.2 Å². The van der Waals surface area contributed by atoms with Crippen molar-refractivity contribution in [3.8, 4) is 10.1 Å². The summed E-state index contributed by atoms with van der Waals surface area (Å²) in [6.45, 7) is 0. The van der Waals surface area contributed by atoms with Crippen LogP contribution in [-0.2, 0) is 0 Å². The Bertz CT molecular complexity index is 269. The molecule has 0 atom stereocenters. The smallest absolute Gasteiger partial charge is 0.191 e. The minimum Gasteiger partial charge on any atom is -0.498 e. The highest BCUT2D eigenvalue weighted by Crippen LogP contribution is 2.11. The lowest BCUT2D eigenvalue weighted by molar-refractivity contribution is 0.489. The van der Waals surface area contributed by atoms with Gasteiger partial charge in [-0.25, -0.2) is 9.97 Å². The molecule has 0 spiro atoms. The standard InChI is InChI=1S/2C3H3NOS.2ClH/c2*5-3-1-4-2-6-3;;/h2*1-2,5H;2*1H. The van der Waals surface area contributed by atoms with Crippen molar-refractivity contribution in [2.24, 2.45) is 0 Å². The lowest BCUT2D eigenvalue weighted by Crippen LogP contribution is -1.43. The van der Waals surface area contributed by atoms with E-state index in [0.29, 0.717) is 0 Å². The number of halogens is 2. The second kappa shape index (κ2) is 9.01. The molecule has 0 unspecified atom stereocenters. The van der Waals surface area contributed by atoms with Crippen molar-refractivity contribution in [2.75, 3.05) is 0 Å². The highest BCUT2D eigenvalue weighted by Gasteiger charge is 1.80. The fraction of sp³-hybridized carbons (Fsp3) is 0. The fourth-order valence-electron chi connectivity index (χ4n) is 0.418. The first-order chi connectivity index (χ1) is 5.79. The number of rotatable bonds is 0. The Morgan fingerprint density at radius 1 is 0.857 bits per heavy atom. The molecule has 0 fully saturated rings. The van der Waals surface area contributed by atoms with Crippen LogP contribution in [-0.4, -0.2) is 20.2 Å². The zero-order valence-electron chi connectivity index (χ0n) is 6.73. The van der Waals surface area contributed by atoms with Gasteiger partial charge in [-0.15, -0.1) is 24.8 Å². The van der Waals surface area contributed by atoms with E-state index in [0.717, 1.165) is 0 Å². The molecule has 2 aromatic heterocycles. The molecule has 0 amide bonds. The number of aromatic nitrogens is 2. The summed E-state index contributed by atoms with van der Waals surface area (Å²) >= 11 is 2.44. The van der Waals surface area contributed by atoms with E-state index >= 15 is 0 Å². The first-order valence-electron chi connectivity index (χ1n) is 2.94. The van der Waals surface area contributed by atoms with Crippen LogP contribution < -0.4 is 0 Å². The van der Waals surface area contributed by atoms with Crippen molar-refractivity contribution in [2.45, 2.75) is 0 Å². The van der Waals surface area contributed by atoms with Crippen LogP contribution in [0.4, 0.5) is 0 Å². The predicted molar refractivity (Wildman–Crippen MR) is 62.1 cm³/mol. The average molecular weight is 275 g/mol. The van der Waals surface area contributed by atoms with Gasteiger partial charge < -0.3 is 10.2 Å². The lowest BCUT2D eigenvalue weighted by atomic mass is 10.9. The summed E-state index contributed by atoms with van der Waals surface area (Å²) in [7, 11) is 0. The van der Waals surface area contributed by atoms with Crippen molar-refractivity contribution in [3.05, 3.63) is 23.4 Å². The van der Waals surface area contributed by atoms with E-state index in [-0.39, 0.29) is 34.9 Å². The normalized spacial score (nSPS) is 7.43. The summed E-state index contributed by atoms with van der Waals surface area (Å²) in [6, 6.07) is 0. The Kier molecular flexibility index (Phi) is 10.2. The number of hydrogen-bond donors (Lipinski definition) is 2. The van der Waals surface area contributed by atoms with Gasteiger partial charge in [-0.05, 0) is 0 Å². The van der Waals surface area contributed by atoms with Gasteiger partial charge in [-0.3, -0.25) is 0 Å². The Morgan fingerprint density at radius 2 is 1.21 bits per heavy atom. The van der Waals surface area contributed by atoms with Crippen LogP contribution in [0.1, 0.15) is 0 Å². The van der Waals surface area contributed by atoms with Crippen LogP contribution in [0.2, 0.25) is 0 Å². The predicted octanol–water partition coefficient (Wildman–Crippen LogP) is 2.54. The van der Waals surface area contributed by atoms with E-state index < -0.39 is 0 Å². The average Bonchev–Trinajstić information content (AvgIpc) is 2.63. The Balaban J connectivity index is 0. The third kappa shape index (κ3) is 6.90. The molecule has 0 aliphatic rings. The second-order valence-electron chi connectivity index (χ2n) is 1.68. The van der Waals surface area contributed by atoms with Crippen LogP contribution in [0.25, 0.3) is 0 Å².